The van der Waals surface area contributed by atoms with Gasteiger partial charge in [0.2, 0.25) is 0 Å². The zero-order chi connectivity index (χ0) is 17.3. The van der Waals surface area contributed by atoms with Gasteiger partial charge in [0, 0.05) is 23.8 Å². The molecule has 1 heterocycles. The fourth-order valence-corrected chi connectivity index (χ4v) is 4.72. The van der Waals surface area contributed by atoms with E-state index in [1.54, 1.807) is 11.3 Å². The largest absolute Gasteiger partial charge is 0.337 e. The molecule has 1 atom stereocenters. The first kappa shape index (κ1) is 17.2. The Morgan fingerprint density at radius 2 is 1.96 bits per heavy atom. The number of carbonyl (C=O) groups excluding carboxylic acids is 1. The normalized spacial score (nSPS) is 17.4. The van der Waals surface area contributed by atoms with E-state index in [-0.39, 0.29) is 5.91 Å². The summed E-state index contributed by atoms with van der Waals surface area (Å²) in [6, 6.07) is 10.2. The first-order valence-electron chi connectivity index (χ1n) is 8.75. The van der Waals surface area contributed by atoms with Crippen LogP contribution in [0, 0.1) is 11.3 Å². The minimum absolute atomic E-state index is 0.158. The van der Waals surface area contributed by atoms with Gasteiger partial charge in [-0.2, -0.15) is 0 Å². The van der Waals surface area contributed by atoms with Crippen LogP contribution in [0.25, 0.3) is 0 Å². The second-order valence-corrected chi connectivity index (χ2v) is 8.97. The van der Waals surface area contributed by atoms with Crippen molar-refractivity contribution >= 4 is 17.2 Å². The monoisotopic (exact) mass is 341 g/mol. The number of thiophene rings is 1. The molecule has 1 amide bonds. The molecule has 3 heteroatoms. The van der Waals surface area contributed by atoms with Crippen molar-refractivity contribution in [1.29, 1.82) is 0 Å². The van der Waals surface area contributed by atoms with Crippen LogP contribution in [0.3, 0.4) is 0 Å². The summed E-state index contributed by atoms with van der Waals surface area (Å²) in [5.41, 5.74) is 3.76. The Kier molecular flexibility index (Phi) is 4.82. The number of nitrogens with zero attached hydrogens (tertiary/aromatic N) is 1. The third-order valence-electron chi connectivity index (χ3n) is 5.22. The average Bonchev–Trinajstić information content (AvgIpc) is 2.97. The third-order valence-corrected chi connectivity index (χ3v) is 6.27. The summed E-state index contributed by atoms with van der Waals surface area (Å²) in [4.78, 5) is 16.2. The van der Waals surface area contributed by atoms with Crippen molar-refractivity contribution in [2.75, 3.05) is 7.05 Å². The smallest absolute Gasteiger partial charge is 0.255 e. The lowest BCUT2D eigenvalue weighted by Gasteiger charge is -2.34. The highest BCUT2D eigenvalue weighted by Crippen LogP contribution is 2.40. The molecule has 0 bridgehead atoms. The molecule has 1 aliphatic carbocycles. The van der Waals surface area contributed by atoms with Gasteiger partial charge in [0.05, 0.1) is 5.56 Å². The second kappa shape index (κ2) is 6.72. The molecule has 128 valence electrons. The van der Waals surface area contributed by atoms with Gasteiger partial charge in [-0.25, -0.2) is 0 Å². The summed E-state index contributed by atoms with van der Waals surface area (Å²) < 4.78 is 0. The molecule has 1 aromatic carbocycles. The third kappa shape index (κ3) is 3.56. The first-order chi connectivity index (χ1) is 11.4. The first-order valence-corrected chi connectivity index (χ1v) is 9.63. The Balaban J connectivity index is 1.75. The maximum absolute atomic E-state index is 12.9. The molecule has 1 aromatic heterocycles. The molecule has 1 aliphatic rings. The number of fused-ring (bicyclic) bond motifs is 1. The van der Waals surface area contributed by atoms with Gasteiger partial charge in [-0.05, 0) is 41.7 Å². The molecule has 2 aromatic rings. The van der Waals surface area contributed by atoms with Gasteiger partial charge < -0.3 is 4.90 Å². The van der Waals surface area contributed by atoms with Gasteiger partial charge in [-0.3, -0.25) is 4.79 Å². The molecule has 2 nitrogen and oxygen atoms in total. The molecule has 3 rings (SSSR count). The minimum atomic E-state index is 0.158. The second-order valence-electron chi connectivity index (χ2n) is 8.00. The molecular weight excluding hydrogens is 314 g/mol. The van der Waals surface area contributed by atoms with Crippen LogP contribution in [0.5, 0.6) is 0 Å². The topological polar surface area (TPSA) is 20.3 Å². The van der Waals surface area contributed by atoms with Crippen LogP contribution in [0.1, 0.15) is 53.6 Å². The standard InChI is InChI=1S/C21H27NOS/c1-21(2,3)16-10-11-17-18(14-24-19(17)12-16)20(23)22(4)13-15-8-6-5-7-9-15/h5-9,14,16H,10-13H2,1-4H3. The molecule has 0 spiro atoms. The quantitative estimate of drug-likeness (QED) is 0.754. The molecule has 1 unspecified atom stereocenters. The molecule has 24 heavy (non-hydrogen) atoms. The highest BCUT2D eigenvalue weighted by atomic mass is 32.1. The Bertz CT molecular complexity index is 711. The van der Waals surface area contributed by atoms with Crippen LogP contribution in [0.4, 0.5) is 0 Å². The van der Waals surface area contributed by atoms with E-state index in [2.05, 4.69) is 38.3 Å². The van der Waals surface area contributed by atoms with Gasteiger partial charge in [0.15, 0.2) is 0 Å². The molecule has 0 fully saturated rings. The van der Waals surface area contributed by atoms with E-state index in [1.165, 1.54) is 22.4 Å². The zero-order valence-corrected chi connectivity index (χ0v) is 16.0. The van der Waals surface area contributed by atoms with Gasteiger partial charge in [-0.1, -0.05) is 51.1 Å². The van der Waals surface area contributed by atoms with Gasteiger partial charge in [-0.15, -0.1) is 11.3 Å². The summed E-state index contributed by atoms with van der Waals surface area (Å²) in [5, 5.41) is 2.08. The van der Waals surface area contributed by atoms with Crippen molar-refractivity contribution in [1.82, 2.24) is 4.90 Å². The lowest BCUT2D eigenvalue weighted by molar-refractivity contribution is 0.0784. The fourth-order valence-electron chi connectivity index (χ4n) is 3.57. The lowest BCUT2D eigenvalue weighted by Crippen LogP contribution is -2.29. The summed E-state index contributed by atoms with van der Waals surface area (Å²) >= 11 is 1.78. The van der Waals surface area contributed by atoms with Gasteiger partial charge in [0.25, 0.3) is 5.91 Å². The average molecular weight is 342 g/mol. The summed E-state index contributed by atoms with van der Waals surface area (Å²) in [5.74, 6) is 0.874. The Hall–Kier alpha value is -1.61. The zero-order valence-electron chi connectivity index (χ0n) is 15.1. The lowest BCUT2D eigenvalue weighted by atomic mass is 9.72. The Morgan fingerprint density at radius 1 is 1.25 bits per heavy atom. The van der Waals surface area contributed by atoms with Crippen molar-refractivity contribution in [3.05, 3.63) is 57.3 Å². The predicted octanol–water partition coefficient (Wildman–Crippen LogP) is 5.17. The Morgan fingerprint density at radius 3 is 2.62 bits per heavy atom. The number of amides is 1. The highest BCUT2D eigenvalue weighted by Gasteiger charge is 2.32. The van der Waals surface area contributed by atoms with Crippen molar-refractivity contribution in [2.24, 2.45) is 11.3 Å². The number of hydrogen-bond donors (Lipinski definition) is 0. The molecule has 0 saturated carbocycles. The van der Waals surface area contributed by atoms with Crippen molar-refractivity contribution in [3.63, 3.8) is 0 Å². The van der Waals surface area contributed by atoms with Crippen LogP contribution in [-0.2, 0) is 19.4 Å². The molecule has 0 aliphatic heterocycles. The van der Waals surface area contributed by atoms with E-state index in [4.69, 9.17) is 0 Å². The SMILES string of the molecule is CN(Cc1ccccc1)C(=O)c1csc2c1CCC(C(C)(C)C)C2. The van der Waals surface area contributed by atoms with Crippen LogP contribution in [0.15, 0.2) is 35.7 Å². The van der Waals surface area contributed by atoms with Gasteiger partial charge >= 0.3 is 0 Å². The van der Waals surface area contributed by atoms with Gasteiger partial charge in [0.1, 0.15) is 0 Å². The minimum Gasteiger partial charge on any atom is -0.337 e. The predicted molar refractivity (Wildman–Crippen MR) is 102 cm³/mol. The molecule has 0 N–H and O–H groups in total. The summed E-state index contributed by atoms with van der Waals surface area (Å²) in [7, 11) is 1.90. The number of rotatable bonds is 3. The number of benzene rings is 1. The van der Waals surface area contributed by atoms with E-state index in [0.29, 0.717) is 17.9 Å². The van der Waals surface area contributed by atoms with Crippen LogP contribution < -0.4 is 0 Å². The molecule has 0 radical (unpaired) electrons. The maximum atomic E-state index is 12.9. The Labute approximate surface area is 149 Å². The van der Waals surface area contributed by atoms with Crippen LogP contribution in [0.2, 0.25) is 0 Å². The van der Waals surface area contributed by atoms with Crippen molar-refractivity contribution in [2.45, 2.75) is 46.6 Å². The van der Waals surface area contributed by atoms with E-state index in [9.17, 15) is 4.79 Å². The molecule has 0 saturated heterocycles. The summed E-state index contributed by atoms with van der Waals surface area (Å²) in [6.45, 7) is 7.65. The number of hydrogen-bond acceptors (Lipinski definition) is 2. The summed E-state index contributed by atoms with van der Waals surface area (Å²) in [6.07, 6.45) is 3.36. The van der Waals surface area contributed by atoms with Crippen molar-refractivity contribution < 1.29 is 4.79 Å². The van der Waals surface area contributed by atoms with E-state index < -0.39 is 0 Å². The highest BCUT2D eigenvalue weighted by molar-refractivity contribution is 7.10. The van der Waals surface area contributed by atoms with E-state index in [0.717, 1.165) is 18.4 Å². The maximum Gasteiger partial charge on any atom is 0.255 e. The van der Waals surface area contributed by atoms with Crippen molar-refractivity contribution in [3.8, 4) is 0 Å². The van der Waals surface area contributed by atoms with E-state index >= 15 is 0 Å². The van der Waals surface area contributed by atoms with Crippen LogP contribution in [-0.4, -0.2) is 17.9 Å². The fraction of sp³-hybridized carbons (Fsp3) is 0.476. The number of carbonyl (C=O) groups is 1. The molecular formula is C21H27NOS. The van der Waals surface area contributed by atoms with Crippen LogP contribution >= 0.6 is 11.3 Å². The van der Waals surface area contributed by atoms with E-state index in [1.807, 2.05) is 30.1 Å².